The summed E-state index contributed by atoms with van der Waals surface area (Å²) in [4.78, 5) is 4.34. The van der Waals surface area contributed by atoms with Gasteiger partial charge in [0, 0.05) is 11.9 Å². The summed E-state index contributed by atoms with van der Waals surface area (Å²) < 4.78 is 0. The van der Waals surface area contributed by atoms with Crippen LogP contribution in [0.25, 0.3) is 10.9 Å². The van der Waals surface area contributed by atoms with E-state index >= 15 is 0 Å². The fourth-order valence-corrected chi connectivity index (χ4v) is 1.58. The molecule has 0 saturated carbocycles. The largest absolute Gasteiger partial charge is 0.394 e. The monoisotopic (exact) mass is 243 g/mol. The minimum atomic E-state index is -0.802. The van der Waals surface area contributed by atoms with Gasteiger partial charge < -0.3 is 15.5 Å². The highest BCUT2D eigenvalue weighted by atomic mass is 16.3. The van der Waals surface area contributed by atoms with E-state index in [1.807, 2.05) is 6.07 Å². The van der Waals surface area contributed by atoms with Crippen molar-refractivity contribution in [2.24, 2.45) is 0 Å². The lowest BCUT2D eigenvalue weighted by atomic mass is 10.1. The van der Waals surface area contributed by atoms with Gasteiger partial charge in [-0.2, -0.15) is 5.26 Å². The van der Waals surface area contributed by atoms with Crippen molar-refractivity contribution in [3.05, 3.63) is 35.9 Å². The van der Waals surface area contributed by atoms with E-state index in [0.29, 0.717) is 11.4 Å². The molecule has 0 aliphatic rings. The zero-order chi connectivity index (χ0) is 13.0. The van der Waals surface area contributed by atoms with Gasteiger partial charge in [0.15, 0.2) is 0 Å². The fourth-order valence-electron chi connectivity index (χ4n) is 1.58. The van der Waals surface area contributed by atoms with Gasteiger partial charge in [-0.3, -0.25) is 0 Å². The number of nitriles is 1. The number of hydrogen-bond acceptors (Lipinski definition) is 5. The van der Waals surface area contributed by atoms with E-state index < -0.39 is 6.10 Å². The average Bonchev–Trinajstić information content (AvgIpc) is 2.43. The van der Waals surface area contributed by atoms with E-state index in [4.69, 9.17) is 10.4 Å². The van der Waals surface area contributed by atoms with E-state index in [-0.39, 0.29) is 13.2 Å². The highest BCUT2D eigenvalue weighted by Gasteiger charge is 2.03. The zero-order valence-electron chi connectivity index (χ0n) is 9.67. The molecule has 5 heteroatoms. The number of fused-ring (bicyclic) bond motifs is 1. The minimum absolute atomic E-state index is 0.241. The Morgan fingerprint density at radius 1 is 1.33 bits per heavy atom. The molecule has 0 spiro atoms. The predicted molar refractivity (Wildman–Crippen MR) is 68.0 cm³/mol. The van der Waals surface area contributed by atoms with Gasteiger partial charge in [0.1, 0.15) is 5.82 Å². The second-order valence-corrected chi connectivity index (χ2v) is 3.93. The Morgan fingerprint density at radius 3 is 2.89 bits per heavy atom. The molecule has 0 aliphatic carbocycles. The number of aromatic nitrogens is 1. The molecule has 1 atom stereocenters. The van der Waals surface area contributed by atoms with Crippen LogP contribution in [0.4, 0.5) is 5.82 Å². The number of hydrogen-bond donors (Lipinski definition) is 3. The maximum atomic E-state index is 9.22. The molecule has 1 aromatic heterocycles. The van der Waals surface area contributed by atoms with Gasteiger partial charge >= 0.3 is 0 Å². The molecule has 0 fully saturated rings. The van der Waals surface area contributed by atoms with Crippen molar-refractivity contribution in [1.29, 1.82) is 5.26 Å². The fraction of sp³-hybridized carbons (Fsp3) is 0.231. The van der Waals surface area contributed by atoms with E-state index in [1.165, 1.54) is 0 Å². The summed E-state index contributed by atoms with van der Waals surface area (Å²) in [5, 5.41) is 30.5. The van der Waals surface area contributed by atoms with Crippen LogP contribution >= 0.6 is 0 Å². The van der Waals surface area contributed by atoms with Crippen LogP contribution in [0.15, 0.2) is 30.3 Å². The lowest BCUT2D eigenvalue weighted by Crippen LogP contribution is -2.23. The first-order valence-corrected chi connectivity index (χ1v) is 5.56. The second-order valence-electron chi connectivity index (χ2n) is 3.93. The van der Waals surface area contributed by atoms with Gasteiger partial charge in [0.05, 0.1) is 29.9 Å². The van der Waals surface area contributed by atoms with Crippen LogP contribution in [-0.2, 0) is 0 Å². The van der Waals surface area contributed by atoms with Gasteiger partial charge in [-0.05, 0) is 30.3 Å². The molecule has 0 aliphatic heterocycles. The summed E-state index contributed by atoms with van der Waals surface area (Å²) >= 11 is 0. The van der Waals surface area contributed by atoms with Crippen LogP contribution in [-0.4, -0.2) is 34.5 Å². The number of aliphatic hydroxyl groups excluding tert-OH is 2. The molecule has 0 unspecified atom stereocenters. The SMILES string of the molecule is N#Cc1ccc2nc(NC[C@@H](O)CO)ccc2c1. The normalized spacial score (nSPS) is 12.1. The molecular formula is C13H13N3O2. The lowest BCUT2D eigenvalue weighted by Gasteiger charge is -2.10. The minimum Gasteiger partial charge on any atom is -0.394 e. The summed E-state index contributed by atoms with van der Waals surface area (Å²) in [6.45, 7) is -0.0442. The van der Waals surface area contributed by atoms with Crippen LogP contribution in [0.3, 0.4) is 0 Å². The number of pyridine rings is 1. The van der Waals surface area contributed by atoms with Crippen molar-refractivity contribution in [2.75, 3.05) is 18.5 Å². The van der Waals surface area contributed by atoms with E-state index in [9.17, 15) is 5.11 Å². The lowest BCUT2D eigenvalue weighted by molar-refractivity contribution is 0.105. The number of rotatable bonds is 4. The molecule has 1 aromatic carbocycles. The molecule has 0 saturated heterocycles. The average molecular weight is 243 g/mol. The van der Waals surface area contributed by atoms with Gasteiger partial charge in [-0.15, -0.1) is 0 Å². The Bertz CT molecular complexity index is 592. The van der Waals surface area contributed by atoms with Gasteiger partial charge in [-0.25, -0.2) is 4.98 Å². The van der Waals surface area contributed by atoms with Crippen LogP contribution in [0.1, 0.15) is 5.56 Å². The number of anilines is 1. The second kappa shape index (κ2) is 5.45. The van der Waals surface area contributed by atoms with Crippen molar-refractivity contribution in [3.8, 4) is 6.07 Å². The molecule has 2 rings (SSSR count). The maximum Gasteiger partial charge on any atom is 0.126 e. The van der Waals surface area contributed by atoms with Gasteiger partial charge in [0.2, 0.25) is 0 Å². The van der Waals surface area contributed by atoms with Crippen molar-refractivity contribution in [2.45, 2.75) is 6.10 Å². The first kappa shape index (κ1) is 12.3. The van der Waals surface area contributed by atoms with Crippen molar-refractivity contribution < 1.29 is 10.2 Å². The van der Waals surface area contributed by atoms with E-state index in [2.05, 4.69) is 16.4 Å². The molecule has 92 valence electrons. The number of aliphatic hydroxyl groups is 2. The number of nitrogens with one attached hydrogen (secondary N) is 1. The van der Waals surface area contributed by atoms with Crippen LogP contribution in [0.5, 0.6) is 0 Å². The summed E-state index contributed by atoms with van der Waals surface area (Å²) in [6.07, 6.45) is -0.802. The molecule has 5 nitrogen and oxygen atoms in total. The van der Waals surface area contributed by atoms with Crippen molar-refractivity contribution in [1.82, 2.24) is 4.98 Å². The highest BCUT2D eigenvalue weighted by Crippen LogP contribution is 2.16. The number of benzene rings is 1. The third-order valence-electron chi connectivity index (χ3n) is 2.55. The topological polar surface area (TPSA) is 89.2 Å². The first-order chi connectivity index (χ1) is 8.72. The smallest absolute Gasteiger partial charge is 0.126 e. The molecule has 3 N–H and O–H groups in total. The quantitative estimate of drug-likeness (QED) is 0.741. The van der Waals surface area contributed by atoms with Crippen LogP contribution in [0.2, 0.25) is 0 Å². The van der Waals surface area contributed by atoms with Crippen molar-refractivity contribution >= 4 is 16.7 Å². The van der Waals surface area contributed by atoms with Crippen LogP contribution in [0, 0.1) is 11.3 Å². The summed E-state index contributed by atoms with van der Waals surface area (Å²) in [7, 11) is 0. The number of nitrogens with zero attached hydrogens (tertiary/aromatic N) is 2. The maximum absolute atomic E-state index is 9.22. The van der Waals surface area contributed by atoms with Gasteiger partial charge in [-0.1, -0.05) is 0 Å². The predicted octanol–water partition coefficient (Wildman–Crippen LogP) is 0.872. The Morgan fingerprint density at radius 2 is 2.17 bits per heavy atom. The van der Waals surface area contributed by atoms with Crippen molar-refractivity contribution in [3.63, 3.8) is 0 Å². The molecular weight excluding hydrogens is 230 g/mol. The Labute approximate surface area is 104 Å². The Hall–Kier alpha value is -2.16. The molecule has 0 amide bonds. The third-order valence-corrected chi connectivity index (χ3v) is 2.55. The molecule has 0 bridgehead atoms. The molecule has 0 radical (unpaired) electrons. The van der Waals surface area contributed by atoms with Gasteiger partial charge in [0.25, 0.3) is 0 Å². The molecule has 2 aromatic rings. The Balaban J connectivity index is 2.20. The summed E-state index contributed by atoms with van der Waals surface area (Å²) in [5.41, 5.74) is 1.37. The summed E-state index contributed by atoms with van der Waals surface area (Å²) in [6, 6.07) is 11.0. The summed E-state index contributed by atoms with van der Waals surface area (Å²) in [5.74, 6) is 0.625. The third kappa shape index (κ3) is 2.74. The standard InChI is InChI=1S/C13H13N3O2/c14-6-9-1-3-12-10(5-9)2-4-13(16-12)15-7-11(18)8-17/h1-5,11,17-18H,7-8H2,(H,15,16)/t11-/m1/s1. The molecule has 1 heterocycles. The Kier molecular flexibility index (Phi) is 3.72. The van der Waals surface area contributed by atoms with E-state index in [1.54, 1.807) is 24.3 Å². The first-order valence-electron chi connectivity index (χ1n) is 5.56. The van der Waals surface area contributed by atoms with E-state index in [0.717, 1.165) is 10.9 Å². The van der Waals surface area contributed by atoms with Crippen LogP contribution < -0.4 is 5.32 Å². The highest BCUT2D eigenvalue weighted by molar-refractivity contribution is 5.81. The zero-order valence-corrected chi connectivity index (χ0v) is 9.67. The molecule has 18 heavy (non-hydrogen) atoms.